The Bertz CT molecular complexity index is 6810. The molecule has 0 spiro atoms. The number of amides is 2. The van der Waals surface area contributed by atoms with Gasteiger partial charge in [0.1, 0.15) is 22.7 Å². The molecule has 12 aromatic carbocycles. The second-order valence-electron chi connectivity index (χ2n) is 33.8. The van der Waals surface area contributed by atoms with Crippen molar-refractivity contribution in [3.8, 4) is 39.7 Å². The summed E-state index contributed by atoms with van der Waals surface area (Å²) in [6.07, 6.45) is 9.73. The van der Waals surface area contributed by atoms with E-state index in [1.165, 1.54) is 81.9 Å². The van der Waals surface area contributed by atoms with E-state index in [9.17, 15) is 31.2 Å². The van der Waals surface area contributed by atoms with E-state index >= 15 is 0 Å². The van der Waals surface area contributed by atoms with Gasteiger partial charge >= 0.3 is 22.7 Å². The Morgan fingerprint density at radius 2 is 0.616 bits per heavy atom. The normalized spacial score (nSPS) is 12.1. The average molecular weight is 2120 g/mol. The molecule has 17 nitrogen and oxygen atoms in total. The van der Waals surface area contributed by atoms with Crippen LogP contribution in [0.25, 0.3) is 45.1 Å². The first-order chi connectivity index (χ1) is 70.4. The zero-order chi connectivity index (χ0) is 102. The Hall–Kier alpha value is -14.5. The van der Waals surface area contributed by atoms with Crippen LogP contribution in [0.5, 0.6) is 5.88 Å². The number of nitrogens with zero attached hydrogens (tertiary/aromatic N) is 8. The van der Waals surface area contributed by atoms with Crippen molar-refractivity contribution in [2.45, 2.75) is 58.3 Å². The van der Waals surface area contributed by atoms with Crippen molar-refractivity contribution in [3.63, 3.8) is 0 Å². The monoisotopic (exact) mass is 2120 g/mol. The van der Waals surface area contributed by atoms with Crippen molar-refractivity contribution in [1.82, 2.24) is 49.3 Å². The van der Waals surface area contributed by atoms with Crippen molar-refractivity contribution in [3.05, 3.63) is 509 Å². The van der Waals surface area contributed by atoms with Gasteiger partial charge in [0.2, 0.25) is 5.88 Å². The van der Waals surface area contributed by atoms with E-state index in [4.69, 9.17) is 9.31 Å². The molecule has 9 heterocycles. The standard InChI is InChI=1S/C20H17N5O.4C18H15P.C15H20BN3O3.C12H9F3N2O3S.Pd/c1-13-5-3-7-16(24-13)15-6-4-10-22-19(15)14-8-9-18-23-11-17(20(26)21-2)25(18)12-14;4*1-4-10-16(11-5-1)19(17-12-6-2-7-13-17)18-14-8-3-9-15-18;1-14(2)15(3,4)22-16(21-14)10-6-7-12-18-8-11(13(20)17-5)19(12)9-10;1-8-4-2-6-10(17-8)9-5-3-7-16-11(9)20-21(18,19)12(13,14)15;/h3-12H,1-2H3,(H,21,26);4*1-15H;6-9H,1-5H3,(H,17,20);2-7H,1H3;. The van der Waals surface area contributed by atoms with Gasteiger partial charge in [0.15, 0.2) is 0 Å². The van der Waals surface area contributed by atoms with Gasteiger partial charge in [0, 0.05) is 81.8 Å². The van der Waals surface area contributed by atoms with E-state index in [1.807, 2.05) is 102 Å². The zero-order valence-corrected chi connectivity index (χ0v) is 87.3. The number of carbonyl (C=O) groups excluding carboxylic acids is 2. The van der Waals surface area contributed by atoms with Crippen LogP contribution in [0, 0.1) is 13.8 Å². The molecule has 8 aromatic heterocycles. The van der Waals surface area contributed by atoms with E-state index in [-0.39, 0.29) is 43.5 Å². The maximum atomic E-state index is 12.4. The molecule has 0 aliphatic carbocycles. The molecule has 0 unspecified atom stereocenters. The first-order valence-electron chi connectivity index (χ1n) is 46.8. The molecule has 2 amide bonds. The number of hydrogen-bond acceptors (Lipinski definition) is 13. The van der Waals surface area contributed by atoms with Gasteiger partial charge < -0.3 is 24.1 Å². The van der Waals surface area contributed by atoms with E-state index in [2.05, 4.69) is 409 Å². The quantitative estimate of drug-likeness (QED) is 0.0316. The first-order valence-corrected chi connectivity index (χ1v) is 53.5. The fourth-order valence-corrected chi connectivity index (χ4v) is 25.2. The van der Waals surface area contributed by atoms with Crippen LogP contribution in [-0.4, -0.2) is 96.9 Å². The van der Waals surface area contributed by atoms with Gasteiger partial charge in [-0.15, -0.1) is 0 Å². The number of benzene rings is 12. The molecule has 146 heavy (non-hydrogen) atoms. The summed E-state index contributed by atoms with van der Waals surface area (Å²) in [6.45, 7) is 11.7. The number of fused-ring (bicyclic) bond motifs is 2. The van der Waals surface area contributed by atoms with Crippen LogP contribution in [0.4, 0.5) is 13.2 Å². The summed E-state index contributed by atoms with van der Waals surface area (Å²) in [6, 6.07) is 154. The number of rotatable bonds is 20. The molecule has 2 N–H and O–H groups in total. The smallest absolute Gasteiger partial charge is 0.399 e. The Morgan fingerprint density at radius 3 is 0.904 bits per heavy atom. The number of halogens is 3. The Morgan fingerprint density at radius 1 is 0.342 bits per heavy atom. The minimum atomic E-state index is -5.78. The number of carbonyl (C=O) groups is 2. The number of aryl methyl sites for hydroxylation is 2. The van der Waals surface area contributed by atoms with Crippen molar-refractivity contribution < 1.29 is 65.1 Å². The Labute approximate surface area is 869 Å². The first kappa shape index (κ1) is 107. The Kier molecular flexibility index (Phi) is 38.0. The molecule has 27 heteroatoms. The molecule has 1 fully saturated rings. The summed E-state index contributed by atoms with van der Waals surface area (Å²) in [5, 5.41) is 22.0. The summed E-state index contributed by atoms with van der Waals surface area (Å²) >= 11 is 0. The number of pyridine rings is 6. The zero-order valence-electron chi connectivity index (χ0n) is 81.3. The summed E-state index contributed by atoms with van der Waals surface area (Å²) in [5.41, 5.74) is 2.29. The molecule has 0 atom stereocenters. The molecule has 0 bridgehead atoms. The van der Waals surface area contributed by atoms with Gasteiger partial charge in [-0.2, -0.15) is 21.6 Å². The predicted octanol–water partition coefficient (Wildman–Crippen LogP) is 20.6. The van der Waals surface area contributed by atoms with Gasteiger partial charge in [0.05, 0.1) is 46.2 Å². The summed E-state index contributed by atoms with van der Waals surface area (Å²) in [4.78, 5) is 49.3. The van der Waals surface area contributed by atoms with Gasteiger partial charge in [-0.3, -0.25) is 33.3 Å². The third-order valence-electron chi connectivity index (χ3n) is 23.3. The topological polar surface area (TPSA) is 206 Å². The number of imidazole rings is 2. The van der Waals surface area contributed by atoms with Crippen LogP contribution in [0.3, 0.4) is 0 Å². The molecule has 1 saturated heterocycles. The minimum absolute atomic E-state index is 0. The van der Waals surface area contributed by atoms with E-state index < -0.39 is 71.5 Å². The van der Waals surface area contributed by atoms with Gasteiger partial charge in [-0.25, -0.2) is 15.0 Å². The average Bonchev–Trinajstić information content (AvgIpc) is 1.61. The van der Waals surface area contributed by atoms with Crippen LogP contribution in [0.2, 0.25) is 0 Å². The van der Waals surface area contributed by atoms with Gasteiger partial charge in [0.25, 0.3) is 11.8 Å². The second-order valence-corrected chi connectivity index (χ2v) is 44.2. The summed E-state index contributed by atoms with van der Waals surface area (Å²) in [7, 11) is -4.83. The van der Waals surface area contributed by atoms with Crippen LogP contribution >= 0.6 is 31.7 Å². The van der Waals surface area contributed by atoms with Crippen LogP contribution in [0.1, 0.15) is 60.1 Å². The number of alkyl halides is 3. The van der Waals surface area contributed by atoms with Crippen molar-refractivity contribution in [2.24, 2.45) is 0 Å². The third kappa shape index (κ3) is 28.0. The molecular weight excluding hydrogens is 2010 g/mol. The molecule has 20 aromatic rings. The minimum Gasteiger partial charge on any atom is -0.399 e. The second kappa shape index (κ2) is 51.8. The van der Waals surface area contributed by atoms with Gasteiger partial charge in [-0.1, -0.05) is 382 Å². The molecule has 0 radical (unpaired) electrons. The van der Waals surface area contributed by atoms with Gasteiger partial charge in [-0.05, 0) is 209 Å². The maximum absolute atomic E-state index is 12.4. The number of aromatic nitrogens is 8. The fraction of sp³-hybridized carbons (Fsp3) is 0.0924. The van der Waals surface area contributed by atoms with E-state index in [0.717, 1.165) is 39.9 Å². The van der Waals surface area contributed by atoms with Crippen LogP contribution < -0.4 is 83.9 Å². The van der Waals surface area contributed by atoms with Crippen molar-refractivity contribution in [1.29, 1.82) is 0 Å². The van der Waals surface area contributed by atoms with E-state index in [0.29, 0.717) is 28.4 Å². The van der Waals surface area contributed by atoms with Crippen molar-refractivity contribution >= 4 is 141 Å². The van der Waals surface area contributed by atoms with Crippen LogP contribution in [0.15, 0.2) is 486 Å². The van der Waals surface area contributed by atoms with Crippen molar-refractivity contribution in [2.75, 3.05) is 14.1 Å². The third-order valence-corrected chi connectivity index (χ3v) is 34.0. The molecular formula is C119H106BF3N10O7P4PdS. The van der Waals surface area contributed by atoms with Crippen LogP contribution in [-0.2, 0) is 39.8 Å². The number of hydrogen-bond donors (Lipinski definition) is 2. The predicted molar refractivity (Wildman–Crippen MR) is 592 cm³/mol. The molecule has 0 saturated carbocycles. The summed E-state index contributed by atoms with van der Waals surface area (Å²) < 4.78 is 78.9. The summed E-state index contributed by atoms with van der Waals surface area (Å²) in [5.74, 6) is -1.04. The Balaban J connectivity index is 0.000000135. The molecule has 1 aliphatic heterocycles. The molecule has 1 aliphatic rings. The largest absolute Gasteiger partial charge is 0.534 e. The molecule has 734 valence electrons. The maximum Gasteiger partial charge on any atom is 0.534 e. The van der Waals surface area contributed by atoms with E-state index in [1.54, 1.807) is 60.5 Å². The number of nitrogens with one attached hydrogen (secondary N) is 2. The SMILES string of the molecule is CNC(=O)c1cnc2ccc(-c3ncccc3-c3cccc(C)n3)cn12.CNC(=O)c1cnc2ccc(B3OC(C)(C)C(C)(C)O3)cn12.Cc1cccc(-c2cccnc2OS(=O)(=O)C(F)(F)F)n1.[Pd].c1ccc(P(c2ccccc2)c2ccccc2)cc1.c1ccc(P(c2ccccc2)c2ccccc2)cc1.c1ccc(P(c2ccccc2)c2ccccc2)cc1.c1ccc(P(c2ccccc2)c2ccccc2)cc1. The molecule has 21 rings (SSSR count). The fourth-order valence-electron chi connectivity index (χ4n) is 15.6.